The number of pyridine rings is 1. The number of aliphatic hydroxyl groups excluding tert-OH is 1. The molecule has 100 valence electrons. The van der Waals surface area contributed by atoms with E-state index in [2.05, 4.69) is 17.1 Å². The SMILES string of the molecule is Cc1ccc(C)c(CC(O)c2ncc(Cl)cc2Cl)c1. The van der Waals surface area contributed by atoms with Crippen molar-refractivity contribution < 1.29 is 5.11 Å². The van der Waals surface area contributed by atoms with E-state index >= 15 is 0 Å². The maximum Gasteiger partial charge on any atom is 0.101 e. The van der Waals surface area contributed by atoms with E-state index < -0.39 is 6.10 Å². The molecule has 2 aromatic rings. The van der Waals surface area contributed by atoms with Crippen molar-refractivity contribution >= 4 is 23.2 Å². The Labute approximate surface area is 123 Å². The van der Waals surface area contributed by atoms with Gasteiger partial charge >= 0.3 is 0 Å². The lowest BCUT2D eigenvalue weighted by Crippen LogP contribution is -2.06. The minimum atomic E-state index is -0.731. The average Bonchev–Trinajstić information content (AvgIpc) is 2.33. The van der Waals surface area contributed by atoms with Crippen LogP contribution in [0.25, 0.3) is 0 Å². The summed E-state index contributed by atoms with van der Waals surface area (Å²) in [6.45, 7) is 4.06. The topological polar surface area (TPSA) is 33.1 Å². The second-order valence-electron chi connectivity index (χ2n) is 4.67. The largest absolute Gasteiger partial charge is 0.386 e. The van der Waals surface area contributed by atoms with E-state index in [1.807, 2.05) is 19.9 Å². The van der Waals surface area contributed by atoms with Gasteiger partial charge in [-0.25, -0.2) is 0 Å². The third-order valence-corrected chi connectivity index (χ3v) is 3.58. The molecule has 0 spiro atoms. The number of aryl methyl sites for hydroxylation is 2. The standard InChI is InChI=1S/C15H15Cl2NO/c1-9-3-4-10(2)11(5-9)6-14(19)15-13(17)7-12(16)8-18-15/h3-5,7-8,14,19H,6H2,1-2H3. The molecule has 1 aromatic carbocycles. The molecule has 0 saturated heterocycles. The van der Waals surface area contributed by atoms with Crippen LogP contribution in [0.5, 0.6) is 0 Å². The van der Waals surface area contributed by atoms with Crippen LogP contribution in [0.15, 0.2) is 30.5 Å². The molecule has 0 aliphatic heterocycles. The van der Waals surface area contributed by atoms with Crippen LogP contribution in [0.3, 0.4) is 0 Å². The van der Waals surface area contributed by atoms with Gasteiger partial charge in [0.2, 0.25) is 0 Å². The van der Waals surface area contributed by atoms with Gasteiger partial charge in [0, 0.05) is 12.6 Å². The summed E-state index contributed by atoms with van der Waals surface area (Å²) in [7, 11) is 0. The highest BCUT2D eigenvalue weighted by molar-refractivity contribution is 6.34. The molecular formula is C15H15Cl2NO. The molecule has 2 rings (SSSR count). The normalized spacial score (nSPS) is 12.5. The van der Waals surface area contributed by atoms with Crippen LogP contribution in [-0.4, -0.2) is 10.1 Å². The van der Waals surface area contributed by atoms with Crippen LogP contribution in [-0.2, 0) is 6.42 Å². The third kappa shape index (κ3) is 3.47. The summed E-state index contributed by atoms with van der Waals surface area (Å²) in [5.41, 5.74) is 3.88. The number of rotatable bonds is 3. The Morgan fingerprint density at radius 2 is 1.95 bits per heavy atom. The van der Waals surface area contributed by atoms with Crippen molar-refractivity contribution in [3.8, 4) is 0 Å². The molecule has 0 amide bonds. The molecule has 1 heterocycles. The summed E-state index contributed by atoms with van der Waals surface area (Å²) >= 11 is 11.9. The van der Waals surface area contributed by atoms with Crippen LogP contribution in [0.4, 0.5) is 0 Å². The minimum Gasteiger partial charge on any atom is -0.386 e. The smallest absolute Gasteiger partial charge is 0.101 e. The Kier molecular flexibility index (Phi) is 4.46. The zero-order chi connectivity index (χ0) is 14.0. The van der Waals surface area contributed by atoms with Gasteiger partial charge in [0.1, 0.15) is 6.10 Å². The maximum absolute atomic E-state index is 10.3. The Hall–Kier alpha value is -1.09. The number of halogens is 2. The van der Waals surface area contributed by atoms with Crippen LogP contribution >= 0.6 is 23.2 Å². The molecule has 0 aliphatic carbocycles. The highest BCUT2D eigenvalue weighted by atomic mass is 35.5. The first-order chi connectivity index (χ1) is 8.97. The molecule has 1 unspecified atom stereocenters. The zero-order valence-electron chi connectivity index (χ0n) is 10.8. The van der Waals surface area contributed by atoms with Gasteiger partial charge in [-0.1, -0.05) is 47.0 Å². The minimum absolute atomic E-state index is 0.394. The summed E-state index contributed by atoms with van der Waals surface area (Å²) in [5, 5.41) is 11.1. The third-order valence-electron chi connectivity index (χ3n) is 3.07. The predicted molar refractivity (Wildman–Crippen MR) is 78.8 cm³/mol. The maximum atomic E-state index is 10.3. The predicted octanol–water partition coefficient (Wildman–Crippen LogP) is 4.28. The van der Waals surface area contributed by atoms with E-state index in [-0.39, 0.29) is 0 Å². The average molecular weight is 296 g/mol. The molecule has 1 aromatic heterocycles. The molecule has 2 nitrogen and oxygen atoms in total. The van der Waals surface area contributed by atoms with E-state index in [1.165, 1.54) is 11.8 Å². The Bertz CT molecular complexity index is 599. The second-order valence-corrected chi connectivity index (χ2v) is 5.51. The number of benzene rings is 1. The summed E-state index contributed by atoms with van der Waals surface area (Å²) in [6, 6.07) is 7.77. The van der Waals surface area contributed by atoms with Gasteiger partial charge in [-0.05, 0) is 31.0 Å². The van der Waals surface area contributed by atoms with Crippen LogP contribution in [0, 0.1) is 13.8 Å². The van der Waals surface area contributed by atoms with Crippen molar-refractivity contribution in [1.82, 2.24) is 4.98 Å². The van der Waals surface area contributed by atoms with Crippen molar-refractivity contribution in [3.05, 3.63) is 62.9 Å². The summed E-state index contributed by atoms with van der Waals surface area (Å²) in [5.74, 6) is 0. The van der Waals surface area contributed by atoms with Gasteiger partial charge in [0.05, 0.1) is 15.7 Å². The van der Waals surface area contributed by atoms with Crippen LogP contribution < -0.4 is 0 Å². The Balaban J connectivity index is 2.25. The molecule has 1 atom stereocenters. The van der Waals surface area contributed by atoms with Crippen molar-refractivity contribution in [3.63, 3.8) is 0 Å². The molecule has 1 N–H and O–H groups in total. The molecule has 19 heavy (non-hydrogen) atoms. The lowest BCUT2D eigenvalue weighted by Gasteiger charge is -2.14. The summed E-state index contributed by atoms with van der Waals surface area (Å²) in [6.07, 6.45) is 1.25. The highest BCUT2D eigenvalue weighted by Gasteiger charge is 2.15. The molecular weight excluding hydrogens is 281 g/mol. The first kappa shape index (κ1) is 14.3. The van der Waals surface area contributed by atoms with Crippen molar-refractivity contribution in [1.29, 1.82) is 0 Å². The first-order valence-electron chi connectivity index (χ1n) is 6.02. The fraction of sp³-hybridized carbons (Fsp3) is 0.267. The molecule has 4 heteroatoms. The Morgan fingerprint density at radius 1 is 1.21 bits per heavy atom. The number of hydrogen-bond acceptors (Lipinski definition) is 2. The molecule has 0 aliphatic rings. The van der Waals surface area contributed by atoms with Gasteiger partial charge in [0.25, 0.3) is 0 Å². The van der Waals surface area contributed by atoms with E-state index in [4.69, 9.17) is 23.2 Å². The molecule has 0 fully saturated rings. The number of aromatic nitrogens is 1. The monoisotopic (exact) mass is 295 g/mol. The van der Waals surface area contributed by atoms with E-state index in [0.29, 0.717) is 22.2 Å². The fourth-order valence-corrected chi connectivity index (χ4v) is 2.50. The second kappa shape index (κ2) is 5.91. The lowest BCUT2D eigenvalue weighted by atomic mass is 9.99. The van der Waals surface area contributed by atoms with Gasteiger partial charge in [0.15, 0.2) is 0 Å². The quantitative estimate of drug-likeness (QED) is 0.917. The zero-order valence-corrected chi connectivity index (χ0v) is 12.3. The molecule has 0 radical (unpaired) electrons. The van der Waals surface area contributed by atoms with Crippen LogP contribution in [0.1, 0.15) is 28.5 Å². The van der Waals surface area contributed by atoms with Gasteiger partial charge in [-0.15, -0.1) is 0 Å². The summed E-state index contributed by atoms with van der Waals surface area (Å²) < 4.78 is 0. The van der Waals surface area contributed by atoms with Crippen molar-refractivity contribution in [2.45, 2.75) is 26.4 Å². The van der Waals surface area contributed by atoms with Gasteiger partial charge in [-0.3, -0.25) is 4.98 Å². The first-order valence-corrected chi connectivity index (χ1v) is 6.78. The highest BCUT2D eigenvalue weighted by Crippen LogP contribution is 2.27. The van der Waals surface area contributed by atoms with Gasteiger partial charge in [-0.2, -0.15) is 0 Å². The Morgan fingerprint density at radius 3 is 2.63 bits per heavy atom. The van der Waals surface area contributed by atoms with E-state index in [9.17, 15) is 5.11 Å². The van der Waals surface area contributed by atoms with Crippen LogP contribution in [0.2, 0.25) is 10.0 Å². The fourth-order valence-electron chi connectivity index (χ4n) is 2.00. The van der Waals surface area contributed by atoms with Crippen molar-refractivity contribution in [2.24, 2.45) is 0 Å². The van der Waals surface area contributed by atoms with E-state index in [1.54, 1.807) is 6.07 Å². The number of aliphatic hydroxyl groups is 1. The number of hydrogen-bond donors (Lipinski definition) is 1. The van der Waals surface area contributed by atoms with E-state index in [0.717, 1.165) is 11.1 Å². The van der Waals surface area contributed by atoms with Gasteiger partial charge < -0.3 is 5.11 Å². The molecule has 0 saturated carbocycles. The molecule has 0 bridgehead atoms. The summed E-state index contributed by atoms with van der Waals surface area (Å²) in [4.78, 5) is 4.11. The lowest BCUT2D eigenvalue weighted by molar-refractivity contribution is 0.173. The number of nitrogens with zero attached hydrogens (tertiary/aromatic N) is 1. The van der Waals surface area contributed by atoms with Crippen molar-refractivity contribution in [2.75, 3.05) is 0 Å².